The lowest BCUT2D eigenvalue weighted by Gasteiger charge is -2.31. The summed E-state index contributed by atoms with van der Waals surface area (Å²) < 4.78 is 1.21. The van der Waals surface area contributed by atoms with Crippen molar-refractivity contribution in [1.82, 2.24) is 25.1 Å². The first kappa shape index (κ1) is 16.3. The molecule has 3 N–H and O–H groups in total. The molecule has 0 radical (unpaired) electrons. The summed E-state index contributed by atoms with van der Waals surface area (Å²) >= 11 is 3.04. The van der Waals surface area contributed by atoms with Gasteiger partial charge in [0.05, 0.1) is 21.0 Å². The van der Waals surface area contributed by atoms with E-state index in [4.69, 9.17) is 10.7 Å². The number of nitrogens with one attached hydrogen (secondary N) is 1. The number of para-hydroxylation sites is 1. The fourth-order valence-corrected chi connectivity index (χ4v) is 4.81. The van der Waals surface area contributed by atoms with Gasteiger partial charge in [0, 0.05) is 19.0 Å². The molecule has 0 unspecified atom stereocenters. The van der Waals surface area contributed by atoms with Crippen molar-refractivity contribution in [2.45, 2.75) is 23.9 Å². The third-order valence-corrected chi connectivity index (χ3v) is 6.27. The molecule has 3 aromatic rings. The van der Waals surface area contributed by atoms with Gasteiger partial charge in [0.2, 0.25) is 17.0 Å². The zero-order valence-electron chi connectivity index (χ0n) is 13.5. The molecule has 7 nitrogen and oxygen atoms in total. The van der Waals surface area contributed by atoms with E-state index in [2.05, 4.69) is 21.2 Å². The Morgan fingerprint density at radius 2 is 2.28 bits per heavy atom. The Kier molecular flexibility index (Phi) is 4.58. The maximum Gasteiger partial charge on any atom is 0.233 e. The molecule has 130 valence electrons. The second-order valence-corrected chi connectivity index (χ2v) is 8.00. The molecule has 0 aliphatic carbocycles. The zero-order valence-corrected chi connectivity index (χ0v) is 15.1. The smallest absolute Gasteiger partial charge is 0.233 e. The van der Waals surface area contributed by atoms with Gasteiger partial charge in [-0.25, -0.2) is 10.1 Å². The number of piperidine rings is 1. The quantitative estimate of drug-likeness (QED) is 0.681. The normalized spacial score (nSPS) is 17.9. The van der Waals surface area contributed by atoms with E-state index in [1.54, 1.807) is 11.3 Å². The van der Waals surface area contributed by atoms with Crippen LogP contribution in [0.3, 0.4) is 0 Å². The summed E-state index contributed by atoms with van der Waals surface area (Å²) in [5, 5.41) is 8.16. The zero-order chi connectivity index (χ0) is 17.2. The molecule has 1 atom stereocenters. The highest BCUT2D eigenvalue weighted by Crippen LogP contribution is 2.33. The van der Waals surface area contributed by atoms with Crippen LogP contribution < -0.4 is 5.73 Å². The lowest BCUT2D eigenvalue weighted by Crippen LogP contribution is -2.40. The minimum absolute atomic E-state index is 0.110. The number of aromatic nitrogens is 4. The molecule has 2 aromatic heterocycles. The molecule has 4 rings (SSSR count). The Labute approximate surface area is 153 Å². The van der Waals surface area contributed by atoms with Crippen LogP contribution in [-0.4, -0.2) is 49.8 Å². The number of fused-ring (bicyclic) bond motifs is 1. The second-order valence-electron chi connectivity index (χ2n) is 5.99. The number of anilines is 1. The molecule has 9 heteroatoms. The first-order valence-corrected chi connectivity index (χ1v) is 9.93. The molecule has 1 aliphatic rings. The summed E-state index contributed by atoms with van der Waals surface area (Å²) in [4.78, 5) is 23.2. The van der Waals surface area contributed by atoms with Crippen LogP contribution in [-0.2, 0) is 4.79 Å². The lowest BCUT2D eigenvalue weighted by atomic mass is 9.99. The van der Waals surface area contributed by atoms with Gasteiger partial charge in [0.15, 0.2) is 0 Å². The number of hydrogen-bond donors (Lipinski definition) is 2. The minimum atomic E-state index is 0.110. The number of benzene rings is 1. The van der Waals surface area contributed by atoms with Gasteiger partial charge in [-0.3, -0.25) is 4.79 Å². The Balaban J connectivity index is 1.40. The van der Waals surface area contributed by atoms with Crippen LogP contribution >= 0.6 is 23.1 Å². The topological polar surface area (TPSA) is 101 Å². The van der Waals surface area contributed by atoms with Crippen LogP contribution in [0.2, 0.25) is 0 Å². The standard InChI is InChI=1S/C16H18N6OS2/c17-15-19-16(21-20-15)24-9-13(23)22-7-3-4-10(8-22)14-18-11-5-1-2-6-12(11)25-14/h1-2,5-6,10H,3-4,7-9H2,(H3,17,19,20,21)/t10-/m1/s1. The van der Waals surface area contributed by atoms with Gasteiger partial charge in [-0.15, -0.1) is 16.4 Å². The summed E-state index contributed by atoms with van der Waals surface area (Å²) in [5.41, 5.74) is 6.54. The van der Waals surface area contributed by atoms with Crippen LogP contribution in [0.5, 0.6) is 0 Å². The maximum atomic E-state index is 12.5. The van der Waals surface area contributed by atoms with Gasteiger partial charge in [-0.1, -0.05) is 23.9 Å². The van der Waals surface area contributed by atoms with Crippen LogP contribution in [0.4, 0.5) is 5.95 Å². The number of thioether (sulfide) groups is 1. The third-order valence-electron chi connectivity index (χ3n) is 4.24. The number of carbonyl (C=O) groups excluding carboxylic acids is 1. The molecule has 3 heterocycles. The van der Waals surface area contributed by atoms with Gasteiger partial charge >= 0.3 is 0 Å². The number of likely N-dealkylation sites (tertiary alicyclic amines) is 1. The summed E-state index contributed by atoms with van der Waals surface area (Å²) in [6, 6.07) is 8.19. The molecule has 1 aliphatic heterocycles. The first-order chi connectivity index (χ1) is 12.2. The average Bonchev–Trinajstić information content (AvgIpc) is 3.25. The van der Waals surface area contributed by atoms with Gasteiger partial charge in [-0.2, -0.15) is 4.98 Å². The van der Waals surface area contributed by atoms with E-state index in [9.17, 15) is 4.79 Å². The van der Waals surface area contributed by atoms with Crippen molar-refractivity contribution in [2.75, 3.05) is 24.6 Å². The van der Waals surface area contributed by atoms with E-state index in [1.165, 1.54) is 16.5 Å². The Morgan fingerprint density at radius 1 is 1.40 bits per heavy atom. The molecular weight excluding hydrogens is 356 g/mol. The number of nitrogens with zero attached hydrogens (tertiary/aromatic N) is 4. The number of hydrogen-bond acceptors (Lipinski definition) is 7. The monoisotopic (exact) mass is 374 g/mol. The number of thiazole rings is 1. The summed E-state index contributed by atoms with van der Waals surface area (Å²) in [6.45, 7) is 1.53. The Morgan fingerprint density at radius 3 is 3.08 bits per heavy atom. The van der Waals surface area contributed by atoms with Crippen molar-refractivity contribution < 1.29 is 4.79 Å². The van der Waals surface area contributed by atoms with E-state index >= 15 is 0 Å². The van der Waals surface area contributed by atoms with Gasteiger partial charge in [-0.05, 0) is 25.0 Å². The summed E-state index contributed by atoms with van der Waals surface area (Å²) in [5.74, 6) is 1.02. The van der Waals surface area contributed by atoms with E-state index in [-0.39, 0.29) is 11.9 Å². The number of carbonyl (C=O) groups is 1. The van der Waals surface area contributed by atoms with E-state index in [0.29, 0.717) is 16.8 Å². The van der Waals surface area contributed by atoms with Crippen LogP contribution in [0.15, 0.2) is 29.4 Å². The minimum Gasteiger partial charge on any atom is -0.368 e. The van der Waals surface area contributed by atoms with Gasteiger partial charge in [0.25, 0.3) is 0 Å². The molecule has 1 saturated heterocycles. The molecular formula is C16H18N6OS2. The highest BCUT2D eigenvalue weighted by Gasteiger charge is 2.27. The van der Waals surface area contributed by atoms with Gasteiger partial charge in [0.1, 0.15) is 0 Å². The predicted octanol–water partition coefficient (Wildman–Crippen LogP) is 2.49. The molecule has 1 aromatic carbocycles. The second kappa shape index (κ2) is 7.01. The van der Waals surface area contributed by atoms with E-state index in [1.807, 2.05) is 23.1 Å². The number of amides is 1. The highest BCUT2D eigenvalue weighted by molar-refractivity contribution is 7.99. The van der Waals surface area contributed by atoms with Crippen LogP contribution in [0.1, 0.15) is 23.8 Å². The number of rotatable bonds is 4. The number of H-pyrrole nitrogens is 1. The molecule has 1 amide bonds. The fourth-order valence-electron chi connectivity index (χ4n) is 3.01. The largest absolute Gasteiger partial charge is 0.368 e. The van der Waals surface area contributed by atoms with Gasteiger partial charge < -0.3 is 10.6 Å². The van der Waals surface area contributed by atoms with E-state index < -0.39 is 0 Å². The Bertz CT molecular complexity index is 859. The lowest BCUT2D eigenvalue weighted by molar-refractivity contribution is -0.129. The molecule has 1 fully saturated rings. The highest BCUT2D eigenvalue weighted by atomic mass is 32.2. The van der Waals surface area contributed by atoms with Crippen molar-refractivity contribution in [3.05, 3.63) is 29.3 Å². The van der Waals surface area contributed by atoms with Crippen molar-refractivity contribution >= 4 is 45.2 Å². The molecule has 0 saturated carbocycles. The SMILES string of the molecule is Nc1nc(SCC(=O)N2CCC[C@@H](c3nc4ccccc4s3)C2)n[nH]1. The van der Waals surface area contributed by atoms with E-state index in [0.717, 1.165) is 36.5 Å². The van der Waals surface area contributed by atoms with Crippen molar-refractivity contribution in [3.63, 3.8) is 0 Å². The Hall–Kier alpha value is -2.13. The first-order valence-electron chi connectivity index (χ1n) is 8.13. The summed E-state index contributed by atoms with van der Waals surface area (Å²) in [6.07, 6.45) is 2.08. The van der Waals surface area contributed by atoms with Crippen molar-refractivity contribution in [1.29, 1.82) is 0 Å². The number of nitrogen functional groups attached to an aromatic ring is 1. The number of nitrogens with two attached hydrogens (primary N) is 1. The number of aromatic amines is 1. The molecule has 0 spiro atoms. The fraction of sp³-hybridized carbons (Fsp3) is 0.375. The van der Waals surface area contributed by atoms with Crippen molar-refractivity contribution in [3.8, 4) is 0 Å². The molecule has 25 heavy (non-hydrogen) atoms. The molecule has 0 bridgehead atoms. The van der Waals surface area contributed by atoms with Crippen LogP contribution in [0.25, 0.3) is 10.2 Å². The van der Waals surface area contributed by atoms with Crippen molar-refractivity contribution in [2.24, 2.45) is 0 Å². The average molecular weight is 374 g/mol. The summed E-state index contributed by atoms with van der Waals surface area (Å²) in [7, 11) is 0. The third kappa shape index (κ3) is 3.62. The maximum absolute atomic E-state index is 12.5. The predicted molar refractivity (Wildman–Crippen MR) is 99.7 cm³/mol. The van der Waals surface area contributed by atoms with Crippen LogP contribution in [0, 0.1) is 0 Å².